The van der Waals surface area contributed by atoms with Gasteiger partial charge in [-0.2, -0.15) is 0 Å². The second kappa shape index (κ2) is 4.38. The Bertz CT molecular complexity index is 937. The molecule has 2 aromatic rings. The number of rotatable bonds is 2. The Kier molecular flexibility index (Phi) is 2.39. The first-order chi connectivity index (χ1) is 12.6. The lowest BCUT2D eigenvalue weighted by Crippen LogP contribution is -2.44. The van der Waals surface area contributed by atoms with Crippen LogP contribution in [0.5, 0.6) is 0 Å². The van der Waals surface area contributed by atoms with Gasteiger partial charge in [-0.25, -0.2) is 0 Å². The standard InChI is InChI=1S/C20H14N2O4/c23-17-11-5-7-13-16-14(20(26)22(19(13)25)10-3-4-10)8-6-12(15(11)16)18(24)21(17)9-1-2-9/h5-10H,1-4H2. The molecule has 0 unspecified atom stereocenters. The van der Waals surface area contributed by atoms with Gasteiger partial charge in [0.15, 0.2) is 0 Å². The quantitative estimate of drug-likeness (QED) is 0.783. The summed E-state index contributed by atoms with van der Waals surface area (Å²) < 4.78 is 0. The number of amides is 4. The number of benzene rings is 2. The van der Waals surface area contributed by atoms with Gasteiger partial charge in [-0.15, -0.1) is 0 Å². The largest absolute Gasteiger partial charge is 0.271 e. The fourth-order valence-electron chi connectivity index (χ4n) is 4.24. The van der Waals surface area contributed by atoms with Crippen molar-refractivity contribution in [3.63, 3.8) is 0 Å². The van der Waals surface area contributed by atoms with Gasteiger partial charge in [0.1, 0.15) is 0 Å². The third-order valence-electron chi connectivity index (χ3n) is 5.78. The normalized spacial score (nSPS) is 21.8. The molecule has 2 heterocycles. The summed E-state index contributed by atoms with van der Waals surface area (Å²) in [5.41, 5.74) is 1.64. The molecule has 2 aliphatic carbocycles. The Balaban J connectivity index is 1.66. The smallest absolute Gasteiger partial charge is 0.261 e. The minimum absolute atomic E-state index is 0.0286. The van der Waals surface area contributed by atoms with E-state index < -0.39 is 0 Å². The van der Waals surface area contributed by atoms with Gasteiger partial charge in [0.25, 0.3) is 23.6 Å². The monoisotopic (exact) mass is 346 g/mol. The van der Waals surface area contributed by atoms with Crippen LogP contribution in [0, 0.1) is 0 Å². The number of carbonyl (C=O) groups is 4. The predicted molar refractivity (Wildman–Crippen MR) is 91.0 cm³/mol. The van der Waals surface area contributed by atoms with Crippen molar-refractivity contribution in [2.75, 3.05) is 0 Å². The molecule has 6 nitrogen and oxygen atoms in total. The lowest BCUT2D eigenvalue weighted by molar-refractivity contribution is 0.0576. The van der Waals surface area contributed by atoms with Crippen molar-refractivity contribution in [3.05, 3.63) is 46.5 Å². The molecule has 2 saturated carbocycles. The molecule has 0 bridgehead atoms. The molecule has 0 N–H and O–H groups in total. The summed E-state index contributed by atoms with van der Waals surface area (Å²) in [6.07, 6.45) is 3.33. The van der Waals surface area contributed by atoms with Crippen molar-refractivity contribution in [2.45, 2.75) is 37.8 Å². The molecule has 0 spiro atoms. The van der Waals surface area contributed by atoms with Crippen LogP contribution in [0.25, 0.3) is 10.8 Å². The average Bonchev–Trinajstić information content (AvgIpc) is 3.51. The van der Waals surface area contributed by atoms with Crippen LogP contribution in [-0.2, 0) is 0 Å². The van der Waals surface area contributed by atoms with Crippen LogP contribution >= 0.6 is 0 Å². The Hall–Kier alpha value is -3.02. The Morgan fingerprint density at radius 1 is 0.538 bits per heavy atom. The molecule has 6 heteroatoms. The summed E-state index contributed by atoms with van der Waals surface area (Å²) in [4.78, 5) is 54.2. The van der Waals surface area contributed by atoms with E-state index in [0.29, 0.717) is 33.0 Å². The van der Waals surface area contributed by atoms with Crippen molar-refractivity contribution in [3.8, 4) is 0 Å². The van der Waals surface area contributed by atoms with Crippen molar-refractivity contribution >= 4 is 34.4 Å². The summed E-state index contributed by atoms with van der Waals surface area (Å²) in [6, 6.07) is 6.47. The molecule has 0 atom stereocenters. The first-order valence-corrected chi connectivity index (χ1v) is 8.93. The third kappa shape index (κ3) is 1.57. The molecule has 128 valence electrons. The maximum absolute atomic E-state index is 12.9. The lowest BCUT2D eigenvalue weighted by atomic mass is 9.86. The van der Waals surface area contributed by atoms with Crippen molar-refractivity contribution < 1.29 is 19.2 Å². The summed E-state index contributed by atoms with van der Waals surface area (Å²) in [5, 5.41) is 0.924. The van der Waals surface area contributed by atoms with Crippen LogP contribution in [-0.4, -0.2) is 45.5 Å². The number of hydrogen-bond donors (Lipinski definition) is 0. The summed E-state index contributed by atoms with van der Waals surface area (Å²) in [7, 11) is 0. The van der Waals surface area contributed by atoms with Crippen LogP contribution in [0.2, 0.25) is 0 Å². The molecule has 0 aromatic heterocycles. The second-order valence-corrected chi connectivity index (χ2v) is 7.49. The summed E-state index contributed by atoms with van der Waals surface area (Å²) >= 11 is 0. The van der Waals surface area contributed by atoms with Crippen LogP contribution in [0.15, 0.2) is 24.3 Å². The molecule has 4 aliphatic rings. The van der Waals surface area contributed by atoms with E-state index in [9.17, 15) is 19.2 Å². The molecular formula is C20H14N2O4. The Morgan fingerprint density at radius 2 is 0.808 bits per heavy atom. The van der Waals surface area contributed by atoms with Crippen LogP contribution in [0.4, 0.5) is 0 Å². The summed E-state index contributed by atoms with van der Waals surface area (Å²) in [5.74, 6) is -1.28. The SMILES string of the molecule is O=C1c2ccc3c4c(ccc(c24)C(=O)N1C1CC1)C(=O)N(C1CC1)C3=O. The molecule has 4 amide bonds. The molecule has 0 saturated heterocycles. The topological polar surface area (TPSA) is 74.8 Å². The second-order valence-electron chi connectivity index (χ2n) is 7.49. The van der Waals surface area contributed by atoms with E-state index in [1.54, 1.807) is 24.3 Å². The van der Waals surface area contributed by atoms with E-state index in [-0.39, 0.29) is 35.7 Å². The molecular weight excluding hydrogens is 332 g/mol. The zero-order valence-electron chi connectivity index (χ0n) is 13.8. The molecule has 2 aliphatic heterocycles. The van der Waals surface area contributed by atoms with E-state index in [0.717, 1.165) is 25.7 Å². The van der Waals surface area contributed by atoms with E-state index in [2.05, 4.69) is 0 Å². The van der Waals surface area contributed by atoms with Gasteiger partial charge in [0, 0.05) is 45.1 Å². The van der Waals surface area contributed by atoms with E-state index in [4.69, 9.17) is 0 Å². The highest BCUT2D eigenvalue weighted by atomic mass is 16.2. The maximum atomic E-state index is 12.9. The van der Waals surface area contributed by atoms with E-state index in [1.165, 1.54) is 9.80 Å². The molecule has 26 heavy (non-hydrogen) atoms. The van der Waals surface area contributed by atoms with Gasteiger partial charge < -0.3 is 0 Å². The van der Waals surface area contributed by atoms with Gasteiger partial charge in [-0.1, -0.05) is 0 Å². The van der Waals surface area contributed by atoms with Gasteiger partial charge >= 0.3 is 0 Å². The molecule has 2 aromatic carbocycles. The number of imide groups is 2. The number of hydrogen-bond acceptors (Lipinski definition) is 4. The van der Waals surface area contributed by atoms with Crippen LogP contribution < -0.4 is 0 Å². The first-order valence-electron chi connectivity index (χ1n) is 8.93. The van der Waals surface area contributed by atoms with E-state index >= 15 is 0 Å². The van der Waals surface area contributed by atoms with E-state index in [1.807, 2.05) is 0 Å². The van der Waals surface area contributed by atoms with Crippen LogP contribution in [0.3, 0.4) is 0 Å². The van der Waals surface area contributed by atoms with Crippen molar-refractivity contribution in [1.82, 2.24) is 9.80 Å². The van der Waals surface area contributed by atoms with Gasteiger partial charge in [-0.3, -0.25) is 29.0 Å². The Labute approximate surface area is 148 Å². The van der Waals surface area contributed by atoms with Crippen molar-refractivity contribution in [2.24, 2.45) is 0 Å². The lowest BCUT2D eigenvalue weighted by Gasteiger charge is -2.32. The minimum atomic E-state index is -0.321. The zero-order valence-corrected chi connectivity index (χ0v) is 13.8. The minimum Gasteiger partial charge on any atom is -0.271 e. The Morgan fingerprint density at radius 3 is 1.04 bits per heavy atom. The van der Waals surface area contributed by atoms with Gasteiger partial charge in [-0.05, 0) is 49.9 Å². The maximum Gasteiger partial charge on any atom is 0.261 e. The molecule has 6 rings (SSSR count). The van der Waals surface area contributed by atoms with Crippen LogP contribution in [0.1, 0.15) is 67.1 Å². The third-order valence-corrected chi connectivity index (χ3v) is 5.78. The highest BCUT2D eigenvalue weighted by Gasteiger charge is 2.46. The average molecular weight is 346 g/mol. The highest BCUT2D eigenvalue weighted by Crippen LogP contribution is 2.42. The first kappa shape index (κ1) is 14.2. The zero-order chi connectivity index (χ0) is 17.7. The fraction of sp³-hybridized carbons (Fsp3) is 0.300. The predicted octanol–water partition coefficient (Wildman–Crippen LogP) is 2.36. The number of nitrogens with zero attached hydrogens (tertiary/aromatic N) is 2. The summed E-state index contributed by atoms with van der Waals surface area (Å²) in [6.45, 7) is 0. The van der Waals surface area contributed by atoms with Gasteiger partial charge in [0.05, 0.1) is 0 Å². The van der Waals surface area contributed by atoms with Gasteiger partial charge in [0.2, 0.25) is 0 Å². The van der Waals surface area contributed by atoms with Crippen molar-refractivity contribution in [1.29, 1.82) is 0 Å². The molecule has 2 fully saturated rings. The fourth-order valence-corrected chi connectivity index (χ4v) is 4.24. The highest BCUT2D eigenvalue weighted by molar-refractivity contribution is 6.33. The molecule has 0 radical (unpaired) electrons. The number of carbonyl (C=O) groups excluding carboxylic acids is 4.